The van der Waals surface area contributed by atoms with Crippen molar-refractivity contribution in [2.75, 3.05) is 11.2 Å². The van der Waals surface area contributed by atoms with E-state index in [1.165, 1.54) is 0 Å². The number of sulfonamides is 1. The standard InChI is InChI=1S/C8H7Cl3N2O3S/c9-3-7(14)13-8-5(10)1-4(2-6(8)11)17(12,15)16/h1-2H,3H2,(H,13,14)(H2,12,15,16). The molecule has 0 unspecified atom stereocenters. The molecule has 5 nitrogen and oxygen atoms in total. The van der Waals surface area contributed by atoms with Crippen molar-refractivity contribution in [2.24, 2.45) is 5.14 Å². The van der Waals surface area contributed by atoms with Crippen molar-refractivity contribution in [3.05, 3.63) is 22.2 Å². The Morgan fingerprint density at radius 2 is 1.76 bits per heavy atom. The zero-order valence-corrected chi connectivity index (χ0v) is 11.3. The maximum absolute atomic E-state index is 11.1. The third-order valence-corrected chi connectivity index (χ3v) is 3.46. The summed E-state index contributed by atoms with van der Waals surface area (Å²) in [4.78, 5) is 10.8. The van der Waals surface area contributed by atoms with E-state index >= 15 is 0 Å². The second-order valence-corrected chi connectivity index (χ2v) is 5.63. The molecule has 0 atom stereocenters. The Hall–Kier alpha value is -0.530. The van der Waals surface area contributed by atoms with Crippen LogP contribution in [0.2, 0.25) is 10.0 Å². The molecule has 1 aromatic carbocycles. The minimum atomic E-state index is -3.91. The SMILES string of the molecule is NS(=O)(=O)c1cc(Cl)c(NC(=O)CCl)c(Cl)c1. The van der Waals surface area contributed by atoms with Gasteiger partial charge in [-0.15, -0.1) is 11.6 Å². The van der Waals surface area contributed by atoms with Crippen LogP contribution < -0.4 is 10.5 Å². The van der Waals surface area contributed by atoms with Crippen molar-refractivity contribution in [1.82, 2.24) is 0 Å². The average molecular weight is 318 g/mol. The second kappa shape index (κ2) is 5.41. The van der Waals surface area contributed by atoms with E-state index in [4.69, 9.17) is 39.9 Å². The van der Waals surface area contributed by atoms with Gasteiger partial charge in [-0.3, -0.25) is 4.79 Å². The number of alkyl halides is 1. The van der Waals surface area contributed by atoms with Gasteiger partial charge in [0.15, 0.2) is 0 Å². The molecule has 1 rings (SSSR count). The highest BCUT2D eigenvalue weighted by Gasteiger charge is 2.16. The fourth-order valence-electron chi connectivity index (χ4n) is 1.01. The van der Waals surface area contributed by atoms with Gasteiger partial charge in [-0.2, -0.15) is 0 Å². The monoisotopic (exact) mass is 316 g/mol. The molecule has 0 saturated carbocycles. The number of nitrogens with two attached hydrogens (primary N) is 1. The smallest absolute Gasteiger partial charge is 0.239 e. The molecule has 3 N–H and O–H groups in total. The molecule has 0 spiro atoms. The fraction of sp³-hybridized carbons (Fsp3) is 0.125. The van der Waals surface area contributed by atoms with Gasteiger partial charge < -0.3 is 5.32 Å². The number of halogens is 3. The summed E-state index contributed by atoms with van der Waals surface area (Å²) in [6.45, 7) is 0. The van der Waals surface area contributed by atoms with Gasteiger partial charge in [0, 0.05) is 0 Å². The zero-order valence-electron chi connectivity index (χ0n) is 8.21. The number of nitrogens with one attached hydrogen (secondary N) is 1. The topological polar surface area (TPSA) is 89.3 Å². The molecular weight excluding hydrogens is 311 g/mol. The van der Waals surface area contributed by atoms with Crippen molar-refractivity contribution >= 4 is 56.4 Å². The van der Waals surface area contributed by atoms with E-state index < -0.39 is 15.9 Å². The van der Waals surface area contributed by atoms with Crippen molar-refractivity contribution in [3.63, 3.8) is 0 Å². The minimum Gasteiger partial charge on any atom is -0.322 e. The number of benzene rings is 1. The molecule has 17 heavy (non-hydrogen) atoms. The van der Waals surface area contributed by atoms with E-state index in [1.54, 1.807) is 0 Å². The molecule has 0 aromatic heterocycles. The highest BCUT2D eigenvalue weighted by atomic mass is 35.5. The van der Waals surface area contributed by atoms with Gasteiger partial charge >= 0.3 is 0 Å². The summed E-state index contributed by atoms with van der Waals surface area (Å²) in [5.41, 5.74) is 0.0892. The van der Waals surface area contributed by atoms with Crippen LogP contribution in [0.4, 0.5) is 5.69 Å². The lowest BCUT2D eigenvalue weighted by molar-refractivity contribution is -0.113. The van der Waals surface area contributed by atoms with Crippen LogP contribution >= 0.6 is 34.8 Å². The largest absolute Gasteiger partial charge is 0.322 e. The van der Waals surface area contributed by atoms with E-state index in [9.17, 15) is 13.2 Å². The molecule has 0 heterocycles. The molecule has 0 saturated heterocycles. The Balaban J connectivity index is 3.25. The Morgan fingerprint density at radius 3 is 2.12 bits per heavy atom. The van der Waals surface area contributed by atoms with Gasteiger partial charge in [0.25, 0.3) is 0 Å². The Kier molecular flexibility index (Phi) is 4.62. The van der Waals surface area contributed by atoms with E-state index in [0.29, 0.717) is 0 Å². The molecule has 0 fully saturated rings. The Bertz CT molecular complexity index is 536. The molecule has 1 aromatic rings. The molecule has 0 radical (unpaired) electrons. The van der Waals surface area contributed by atoms with Gasteiger partial charge in [-0.05, 0) is 12.1 Å². The van der Waals surface area contributed by atoms with Gasteiger partial charge in [0.1, 0.15) is 5.88 Å². The van der Waals surface area contributed by atoms with Gasteiger partial charge in [0.2, 0.25) is 15.9 Å². The van der Waals surface area contributed by atoms with Crippen molar-refractivity contribution in [2.45, 2.75) is 4.90 Å². The van der Waals surface area contributed by atoms with Crippen LogP contribution in [0.5, 0.6) is 0 Å². The van der Waals surface area contributed by atoms with Gasteiger partial charge in [0.05, 0.1) is 20.6 Å². The van der Waals surface area contributed by atoms with Crippen LogP contribution in [-0.2, 0) is 14.8 Å². The molecule has 94 valence electrons. The number of carbonyl (C=O) groups excluding carboxylic acids is 1. The van der Waals surface area contributed by atoms with Crippen molar-refractivity contribution < 1.29 is 13.2 Å². The van der Waals surface area contributed by atoms with Crippen LogP contribution in [0, 0.1) is 0 Å². The third-order valence-electron chi connectivity index (χ3n) is 1.73. The molecule has 9 heteroatoms. The lowest BCUT2D eigenvalue weighted by Gasteiger charge is -2.09. The highest BCUT2D eigenvalue weighted by molar-refractivity contribution is 7.89. The summed E-state index contributed by atoms with van der Waals surface area (Å²) in [6, 6.07) is 2.18. The zero-order chi connectivity index (χ0) is 13.2. The number of primary sulfonamides is 1. The lowest BCUT2D eigenvalue weighted by Crippen LogP contribution is -2.15. The van der Waals surface area contributed by atoms with Gasteiger partial charge in [-0.25, -0.2) is 13.6 Å². The summed E-state index contributed by atoms with van der Waals surface area (Å²) >= 11 is 16.9. The number of hydrogen-bond acceptors (Lipinski definition) is 3. The van der Waals surface area contributed by atoms with E-state index in [1.807, 2.05) is 0 Å². The number of carbonyl (C=O) groups is 1. The minimum absolute atomic E-state index is 0.0417. The first-order chi connectivity index (χ1) is 7.75. The molecule has 0 bridgehead atoms. The maximum atomic E-state index is 11.1. The highest BCUT2D eigenvalue weighted by Crippen LogP contribution is 2.33. The number of rotatable bonds is 3. The lowest BCUT2D eigenvalue weighted by atomic mass is 10.3. The third kappa shape index (κ3) is 3.72. The summed E-state index contributed by atoms with van der Waals surface area (Å²) < 4.78 is 22.2. The average Bonchev–Trinajstić information content (AvgIpc) is 2.21. The first-order valence-electron chi connectivity index (χ1n) is 4.13. The second-order valence-electron chi connectivity index (χ2n) is 2.99. The predicted octanol–water partition coefficient (Wildman–Crippen LogP) is 1.82. The molecule has 0 aliphatic rings. The number of amides is 1. The molecular formula is C8H7Cl3N2O3S. The van der Waals surface area contributed by atoms with Crippen LogP contribution in [0.1, 0.15) is 0 Å². The van der Waals surface area contributed by atoms with Crippen LogP contribution in [0.25, 0.3) is 0 Å². The normalized spacial score (nSPS) is 11.3. The van der Waals surface area contributed by atoms with E-state index in [-0.39, 0.29) is 26.5 Å². The predicted molar refractivity (Wildman–Crippen MR) is 67.2 cm³/mol. The molecule has 1 amide bonds. The van der Waals surface area contributed by atoms with E-state index in [2.05, 4.69) is 5.32 Å². The first-order valence-corrected chi connectivity index (χ1v) is 6.97. The molecule has 0 aliphatic carbocycles. The van der Waals surface area contributed by atoms with Gasteiger partial charge in [-0.1, -0.05) is 23.2 Å². The maximum Gasteiger partial charge on any atom is 0.239 e. The van der Waals surface area contributed by atoms with Crippen LogP contribution in [-0.4, -0.2) is 20.2 Å². The summed E-state index contributed by atoms with van der Waals surface area (Å²) in [6.07, 6.45) is 0. The summed E-state index contributed by atoms with van der Waals surface area (Å²) in [5, 5.41) is 7.17. The molecule has 0 aliphatic heterocycles. The Labute approximate surface area is 113 Å². The quantitative estimate of drug-likeness (QED) is 0.833. The fourth-order valence-corrected chi connectivity index (χ4v) is 2.35. The first kappa shape index (κ1) is 14.5. The summed E-state index contributed by atoms with van der Waals surface area (Å²) in [5.74, 6) is -0.789. The van der Waals surface area contributed by atoms with Crippen molar-refractivity contribution in [3.8, 4) is 0 Å². The number of hydrogen-bond donors (Lipinski definition) is 2. The van der Waals surface area contributed by atoms with E-state index in [0.717, 1.165) is 12.1 Å². The van der Waals surface area contributed by atoms with Crippen LogP contribution in [0.3, 0.4) is 0 Å². The Morgan fingerprint density at radius 1 is 1.29 bits per heavy atom. The number of anilines is 1. The van der Waals surface area contributed by atoms with Crippen LogP contribution in [0.15, 0.2) is 17.0 Å². The van der Waals surface area contributed by atoms with Crippen molar-refractivity contribution in [1.29, 1.82) is 0 Å². The summed E-state index contributed by atoms with van der Waals surface area (Å²) in [7, 11) is -3.91.